The van der Waals surface area contributed by atoms with Crippen molar-refractivity contribution in [3.05, 3.63) is 21.4 Å². The molecule has 0 spiro atoms. The molecule has 3 nitrogen and oxygen atoms in total. The van der Waals surface area contributed by atoms with Gasteiger partial charge in [0, 0.05) is 22.2 Å². The molecule has 0 aliphatic heterocycles. The summed E-state index contributed by atoms with van der Waals surface area (Å²) in [5.74, 6) is -0.249. The van der Waals surface area contributed by atoms with Gasteiger partial charge < -0.3 is 11.5 Å². The molecule has 1 heterocycles. The van der Waals surface area contributed by atoms with Crippen molar-refractivity contribution in [2.24, 2.45) is 11.5 Å². The summed E-state index contributed by atoms with van der Waals surface area (Å²) in [4.78, 5) is 13.1. The van der Waals surface area contributed by atoms with E-state index in [2.05, 4.69) is 19.9 Å². The maximum Gasteiger partial charge on any atom is 0.217 e. The van der Waals surface area contributed by atoms with Gasteiger partial charge in [0.1, 0.15) is 0 Å². The van der Waals surface area contributed by atoms with Crippen LogP contribution >= 0.6 is 11.3 Å². The minimum atomic E-state index is -0.249. The minimum Gasteiger partial charge on any atom is -0.370 e. The summed E-state index contributed by atoms with van der Waals surface area (Å²) >= 11 is 1.74. The van der Waals surface area contributed by atoms with Gasteiger partial charge in [-0.2, -0.15) is 0 Å². The maximum atomic E-state index is 10.6. The van der Waals surface area contributed by atoms with Gasteiger partial charge in [0.25, 0.3) is 0 Å². The highest BCUT2D eigenvalue weighted by Crippen LogP contribution is 2.28. The highest BCUT2D eigenvalue weighted by atomic mass is 32.1. The predicted octanol–water partition coefficient (Wildman–Crippen LogP) is 2.02. The molecule has 1 atom stereocenters. The first-order chi connectivity index (χ1) is 7.00. The molecule has 0 fully saturated rings. The quantitative estimate of drug-likeness (QED) is 0.806. The molecule has 1 aromatic heterocycles. The SMILES string of the molecule is Cc1cc(C)c(C(N)CCCC(N)=O)s1. The van der Waals surface area contributed by atoms with E-state index < -0.39 is 0 Å². The molecule has 1 amide bonds. The Bertz CT molecular complexity index is 346. The van der Waals surface area contributed by atoms with Crippen molar-refractivity contribution in [3.8, 4) is 0 Å². The van der Waals surface area contributed by atoms with E-state index >= 15 is 0 Å². The predicted molar refractivity (Wildman–Crippen MR) is 63.8 cm³/mol. The van der Waals surface area contributed by atoms with Crippen molar-refractivity contribution in [2.45, 2.75) is 39.2 Å². The van der Waals surface area contributed by atoms with Crippen molar-refractivity contribution < 1.29 is 4.79 Å². The summed E-state index contributed by atoms with van der Waals surface area (Å²) in [6.45, 7) is 4.16. The van der Waals surface area contributed by atoms with Gasteiger partial charge >= 0.3 is 0 Å². The smallest absolute Gasteiger partial charge is 0.217 e. The van der Waals surface area contributed by atoms with Crippen molar-refractivity contribution in [1.29, 1.82) is 0 Å². The van der Waals surface area contributed by atoms with Gasteiger partial charge in [-0.1, -0.05) is 0 Å². The van der Waals surface area contributed by atoms with E-state index in [1.54, 1.807) is 11.3 Å². The highest BCUT2D eigenvalue weighted by Gasteiger charge is 2.11. The maximum absolute atomic E-state index is 10.6. The fourth-order valence-electron chi connectivity index (χ4n) is 1.65. The summed E-state index contributed by atoms with van der Waals surface area (Å²) in [6.07, 6.45) is 2.02. The van der Waals surface area contributed by atoms with Crippen LogP contribution in [0.4, 0.5) is 0 Å². The molecule has 0 saturated heterocycles. The molecule has 4 heteroatoms. The van der Waals surface area contributed by atoms with Gasteiger partial charge in [0.2, 0.25) is 5.91 Å². The lowest BCUT2D eigenvalue weighted by atomic mass is 10.1. The molecular formula is C11H18N2OS. The Hall–Kier alpha value is -0.870. The molecule has 4 N–H and O–H groups in total. The fraction of sp³-hybridized carbons (Fsp3) is 0.545. The number of aryl methyl sites for hydroxylation is 2. The van der Waals surface area contributed by atoms with Gasteiger partial charge in [0.05, 0.1) is 0 Å². The highest BCUT2D eigenvalue weighted by molar-refractivity contribution is 7.12. The van der Waals surface area contributed by atoms with Crippen LogP contribution in [0.15, 0.2) is 6.07 Å². The van der Waals surface area contributed by atoms with Crippen molar-refractivity contribution >= 4 is 17.2 Å². The number of hydrogen-bond donors (Lipinski definition) is 2. The average Bonchev–Trinajstić information content (AvgIpc) is 2.44. The van der Waals surface area contributed by atoms with E-state index in [0.29, 0.717) is 6.42 Å². The normalized spacial score (nSPS) is 12.7. The third kappa shape index (κ3) is 3.64. The summed E-state index contributed by atoms with van der Waals surface area (Å²) in [5.41, 5.74) is 12.4. The van der Waals surface area contributed by atoms with Crippen LogP contribution in [0.5, 0.6) is 0 Å². The number of amides is 1. The van der Waals surface area contributed by atoms with Crippen LogP contribution in [-0.2, 0) is 4.79 Å². The molecule has 0 saturated carbocycles. The van der Waals surface area contributed by atoms with Crippen LogP contribution in [0.25, 0.3) is 0 Å². The first-order valence-corrected chi connectivity index (χ1v) is 5.93. The Morgan fingerprint density at radius 2 is 2.20 bits per heavy atom. The standard InChI is InChI=1S/C11H18N2OS/c1-7-6-8(2)15-11(7)9(12)4-3-5-10(13)14/h6,9H,3-5,12H2,1-2H3,(H2,13,14). The van der Waals surface area contributed by atoms with Crippen molar-refractivity contribution in [3.63, 3.8) is 0 Å². The summed E-state index contributed by atoms with van der Waals surface area (Å²) in [6, 6.07) is 2.19. The van der Waals surface area contributed by atoms with E-state index in [1.165, 1.54) is 15.3 Å². The third-order valence-electron chi connectivity index (χ3n) is 2.35. The van der Waals surface area contributed by atoms with Crippen LogP contribution in [-0.4, -0.2) is 5.91 Å². The van der Waals surface area contributed by atoms with Gasteiger partial charge in [-0.15, -0.1) is 11.3 Å². The van der Waals surface area contributed by atoms with Crippen LogP contribution in [0.1, 0.15) is 40.6 Å². The first kappa shape index (κ1) is 12.2. The summed E-state index contributed by atoms with van der Waals surface area (Å²) in [7, 11) is 0. The molecule has 1 rings (SSSR count). The lowest BCUT2D eigenvalue weighted by Crippen LogP contribution is -2.13. The second-order valence-electron chi connectivity index (χ2n) is 3.87. The molecule has 15 heavy (non-hydrogen) atoms. The monoisotopic (exact) mass is 226 g/mol. The van der Waals surface area contributed by atoms with Gasteiger partial charge in [-0.3, -0.25) is 4.79 Å². The molecule has 0 aliphatic carbocycles. The Morgan fingerprint density at radius 1 is 1.53 bits per heavy atom. The third-order valence-corrected chi connectivity index (χ3v) is 3.64. The second-order valence-corrected chi connectivity index (χ2v) is 5.16. The fourth-order valence-corrected chi connectivity index (χ4v) is 2.73. The average molecular weight is 226 g/mol. The van der Waals surface area contributed by atoms with Crippen LogP contribution in [0, 0.1) is 13.8 Å². The second kappa shape index (κ2) is 5.28. The summed E-state index contributed by atoms with van der Waals surface area (Å²) in [5, 5.41) is 0. The molecule has 0 bridgehead atoms. The lowest BCUT2D eigenvalue weighted by Gasteiger charge is -2.09. The topological polar surface area (TPSA) is 69.1 Å². The molecule has 1 aromatic rings. The van der Waals surface area contributed by atoms with Crippen molar-refractivity contribution in [1.82, 2.24) is 0 Å². The van der Waals surface area contributed by atoms with E-state index in [-0.39, 0.29) is 11.9 Å². The molecule has 84 valence electrons. The lowest BCUT2D eigenvalue weighted by molar-refractivity contribution is -0.118. The minimum absolute atomic E-state index is 0.0445. The Balaban J connectivity index is 2.50. The number of carbonyl (C=O) groups is 1. The number of primary amides is 1. The molecule has 1 unspecified atom stereocenters. The number of thiophene rings is 1. The van der Waals surface area contributed by atoms with Crippen LogP contribution in [0.2, 0.25) is 0 Å². The number of hydrogen-bond acceptors (Lipinski definition) is 3. The number of nitrogens with two attached hydrogens (primary N) is 2. The van der Waals surface area contributed by atoms with E-state index in [4.69, 9.17) is 11.5 Å². The molecule has 0 aliphatic rings. The molecule has 0 aromatic carbocycles. The molecule has 0 radical (unpaired) electrons. The largest absolute Gasteiger partial charge is 0.370 e. The summed E-state index contributed by atoms with van der Waals surface area (Å²) < 4.78 is 0. The van der Waals surface area contributed by atoms with Crippen LogP contribution in [0.3, 0.4) is 0 Å². The first-order valence-electron chi connectivity index (χ1n) is 5.11. The van der Waals surface area contributed by atoms with E-state index in [9.17, 15) is 4.79 Å². The Labute approximate surface area is 94.5 Å². The number of carbonyl (C=O) groups excluding carboxylic acids is 1. The Morgan fingerprint density at radius 3 is 2.67 bits per heavy atom. The van der Waals surface area contributed by atoms with Gasteiger partial charge in [0.15, 0.2) is 0 Å². The van der Waals surface area contributed by atoms with Gasteiger partial charge in [-0.05, 0) is 38.3 Å². The zero-order chi connectivity index (χ0) is 11.4. The van der Waals surface area contributed by atoms with Crippen LogP contribution < -0.4 is 11.5 Å². The zero-order valence-electron chi connectivity index (χ0n) is 9.25. The van der Waals surface area contributed by atoms with E-state index in [0.717, 1.165) is 12.8 Å². The van der Waals surface area contributed by atoms with Gasteiger partial charge in [-0.25, -0.2) is 0 Å². The van der Waals surface area contributed by atoms with E-state index in [1.807, 2.05) is 0 Å². The number of rotatable bonds is 5. The Kier molecular flexibility index (Phi) is 4.29. The zero-order valence-corrected chi connectivity index (χ0v) is 10.1. The molecular weight excluding hydrogens is 208 g/mol. The van der Waals surface area contributed by atoms with Crippen molar-refractivity contribution in [2.75, 3.05) is 0 Å².